The van der Waals surface area contributed by atoms with Crippen LogP contribution in [0.25, 0.3) is 0 Å². The predicted octanol–water partition coefficient (Wildman–Crippen LogP) is 3.44. The van der Waals surface area contributed by atoms with Crippen LogP contribution in [0.15, 0.2) is 0 Å². The molecular formula is C12H24BrNO. The molecule has 0 saturated heterocycles. The molecular weight excluding hydrogens is 254 g/mol. The fourth-order valence-electron chi connectivity index (χ4n) is 1.51. The molecule has 0 rings (SSSR count). The van der Waals surface area contributed by atoms with Crippen LogP contribution in [0.4, 0.5) is 0 Å². The summed E-state index contributed by atoms with van der Waals surface area (Å²) in [6.45, 7) is 9.36. The molecule has 0 saturated carbocycles. The van der Waals surface area contributed by atoms with Gasteiger partial charge < -0.3 is 4.90 Å². The van der Waals surface area contributed by atoms with Gasteiger partial charge in [0.25, 0.3) is 0 Å². The topological polar surface area (TPSA) is 20.3 Å². The van der Waals surface area contributed by atoms with Crippen molar-refractivity contribution in [1.29, 1.82) is 0 Å². The summed E-state index contributed by atoms with van der Waals surface area (Å²) >= 11 is 3.38. The van der Waals surface area contributed by atoms with E-state index in [1.807, 2.05) is 4.90 Å². The molecule has 2 nitrogen and oxygen atoms in total. The average Bonchev–Trinajstić information content (AvgIpc) is 2.13. The van der Waals surface area contributed by atoms with Gasteiger partial charge in [-0.15, -0.1) is 0 Å². The molecule has 0 fully saturated rings. The SMILES string of the molecule is CC(C)CN(C(=O)CCCCBr)C(C)C. The summed E-state index contributed by atoms with van der Waals surface area (Å²) in [4.78, 5) is 13.9. The van der Waals surface area contributed by atoms with E-state index in [2.05, 4.69) is 43.6 Å². The van der Waals surface area contributed by atoms with Crippen molar-refractivity contribution in [2.24, 2.45) is 5.92 Å². The van der Waals surface area contributed by atoms with Gasteiger partial charge in [0.15, 0.2) is 0 Å². The van der Waals surface area contributed by atoms with Crippen molar-refractivity contribution in [3.8, 4) is 0 Å². The molecule has 0 bridgehead atoms. The third-order valence-electron chi connectivity index (χ3n) is 2.28. The molecule has 1 amide bonds. The highest BCUT2D eigenvalue weighted by Gasteiger charge is 2.16. The maximum atomic E-state index is 11.9. The Bertz CT molecular complexity index is 180. The van der Waals surface area contributed by atoms with E-state index in [4.69, 9.17) is 0 Å². The molecule has 0 radical (unpaired) electrons. The average molecular weight is 278 g/mol. The Labute approximate surface area is 103 Å². The largest absolute Gasteiger partial charge is 0.340 e. The van der Waals surface area contributed by atoms with E-state index >= 15 is 0 Å². The lowest BCUT2D eigenvalue weighted by molar-refractivity contribution is -0.133. The van der Waals surface area contributed by atoms with E-state index in [0.29, 0.717) is 24.3 Å². The third kappa shape index (κ3) is 6.93. The van der Waals surface area contributed by atoms with Crippen molar-refractivity contribution in [2.45, 2.75) is 53.0 Å². The first-order valence-corrected chi connectivity index (χ1v) is 6.96. The Morgan fingerprint density at radius 2 is 1.80 bits per heavy atom. The fraction of sp³-hybridized carbons (Fsp3) is 0.917. The molecule has 15 heavy (non-hydrogen) atoms. The fourth-order valence-corrected chi connectivity index (χ4v) is 1.90. The Kier molecular flexibility index (Phi) is 8.12. The number of halogens is 1. The molecule has 0 aromatic rings. The molecule has 0 spiro atoms. The smallest absolute Gasteiger partial charge is 0.222 e. The number of alkyl halides is 1. The number of rotatable bonds is 7. The zero-order valence-corrected chi connectivity index (χ0v) is 12.0. The van der Waals surface area contributed by atoms with Crippen LogP contribution in [0.3, 0.4) is 0 Å². The van der Waals surface area contributed by atoms with Gasteiger partial charge in [0.1, 0.15) is 0 Å². The number of hydrogen-bond acceptors (Lipinski definition) is 1. The Hall–Kier alpha value is -0.0500. The number of hydrogen-bond donors (Lipinski definition) is 0. The van der Waals surface area contributed by atoms with Crippen LogP contribution in [-0.2, 0) is 4.79 Å². The summed E-state index contributed by atoms with van der Waals surface area (Å²) in [5, 5.41) is 0.992. The van der Waals surface area contributed by atoms with Gasteiger partial charge in [0.2, 0.25) is 5.91 Å². The van der Waals surface area contributed by atoms with E-state index in [9.17, 15) is 4.79 Å². The van der Waals surface area contributed by atoms with E-state index in [1.165, 1.54) is 0 Å². The Morgan fingerprint density at radius 1 is 1.20 bits per heavy atom. The molecule has 3 heteroatoms. The van der Waals surface area contributed by atoms with Crippen LogP contribution >= 0.6 is 15.9 Å². The lowest BCUT2D eigenvalue weighted by Gasteiger charge is -2.28. The molecule has 90 valence electrons. The highest BCUT2D eigenvalue weighted by atomic mass is 79.9. The van der Waals surface area contributed by atoms with Crippen molar-refractivity contribution in [3.05, 3.63) is 0 Å². The lowest BCUT2D eigenvalue weighted by Crippen LogP contribution is -2.39. The predicted molar refractivity (Wildman–Crippen MR) is 69.3 cm³/mol. The molecule has 0 heterocycles. The second kappa shape index (κ2) is 8.14. The van der Waals surface area contributed by atoms with E-state index in [1.54, 1.807) is 0 Å². The molecule has 0 atom stereocenters. The molecule has 0 N–H and O–H groups in total. The van der Waals surface area contributed by atoms with Crippen LogP contribution in [0, 0.1) is 5.92 Å². The van der Waals surface area contributed by atoms with Crippen LogP contribution in [0.1, 0.15) is 47.0 Å². The standard InChI is InChI=1S/C12H24BrNO/c1-10(2)9-14(11(3)4)12(15)7-5-6-8-13/h10-11H,5-9H2,1-4H3. The zero-order chi connectivity index (χ0) is 11.8. The summed E-state index contributed by atoms with van der Waals surface area (Å²) in [5.74, 6) is 0.854. The first-order valence-electron chi connectivity index (χ1n) is 5.84. The molecule has 0 aromatic heterocycles. The number of carbonyl (C=O) groups excluding carboxylic acids is 1. The van der Waals surface area contributed by atoms with Gasteiger partial charge >= 0.3 is 0 Å². The second-order valence-corrected chi connectivity index (χ2v) is 5.47. The molecule has 0 unspecified atom stereocenters. The van der Waals surface area contributed by atoms with Crippen molar-refractivity contribution < 1.29 is 4.79 Å². The van der Waals surface area contributed by atoms with Gasteiger partial charge in [-0.3, -0.25) is 4.79 Å². The first kappa shape index (κ1) is 14.9. The van der Waals surface area contributed by atoms with Crippen LogP contribution in [-0.4, -0.2) is 28.7 Å². The van der Waals surface area contributed by atoms with Gasteiger partial charge in [-0.05, 0) is 32.6 Å². The van der Waals surface area contributed by atoms with Crippen LogP contribution < -0.4 is 0 Å². The Balaban J connectivity index is 4.05. The normalized spacial score (nSPS) is 11.1. The summed E-state index contributed by atoms with van der Waals surface area (Å²) in [5.41, 5.74) is 0. The summed E-state index contributed by atoms with van der Waals surface area (Å²) in [6.07, 6.45) is 2.77. The highest BCUT2D eigenvalue weighted by Crippen LogP contribution is 2.09. The summed E-state index contributed by atoms with van der Waals surface area (Å²) in [7, 11) is 0. The van der Waals surface area contributed by atoms with Gasteiger partial charge in [-0.2, -0.15) is 0 Å². The van der Waals surface area contributed by atoms with Crippen LogP contribution in [0.5, 0.6) is 0 Å². The highest BCUT2D eigenvalue weighted by molar-refractivity contribution is 9.09. The maximum Gasteiger partial charge on any atom is 0.222 e. The van der Waals surface area contributed by atoms with E-state index in [-0.39, 0.29) is 0 Å². The first-order chi connectivity index (χ1) is 6.99. The van der Waals surface area contributed by atoms with Crippen molar-refractivity contribution in [1.82, 2.24) is 4.90 Å². The summed E-state index contributed by atoms with van der Waals surface area (Å²) < 4.78 is 0. The number of carbonyl (C=O) groups is 1. The van der Waals surface area contributed by atoms with E-state index < -0.39 is 0 Å². The third-order valence-corrected chi connectivity index (χ3v) is 2.84. The number of nitrogens with zero attached hydrogens (tertiary/aromatic N) is 1. The van der Waals surface area contributed by atoms with Crippen molar-refractivity contribution in [3.63, 3.8) is 0 Å². The maximum absolute atomic E-state index is 11.9. The molecule has 0 aliphatic heterocycles. The minimum Gasteiger partial charge on any atom is -0.340 e. The molecule has 0 aromatic carbocycles. The lowest BCUT2D eigenvalue weighted by atomic mass is 10.1. The molecule has 0 aliphatic rings. The van der Waals surface area contributed by atoms with Gasteiger partial charge in [-0.25, -0.2) is 0 Å². The van der Waals surface area contributed by atoms with Crippen LogP contribution in [0.2, 0.25) is 0 Å². The summed E-state index contributed by atoms with van der Waals surface area (Å²) in [6, 6.07) is 0.323. The van der Waals surface area contributed by atoms with Gasteiger partial charge in [0.05, 0.1) is 0 Å². The van der Waals surface area contributed by atoms with E-state index in [0.717, 1.165) is 24.7 Å². The Morgan fingerprint density at radius 3 is 2.20 bits per heavy atom. The number of amides is 1. The zero-order valence-electron chi connectivity index (χ0n) is 10.4. The van der Waals surface area contributed by atoms with Gasteiger partial charge in [0, 0.05) is 24.3 Å². The monoisotopic (exact) mass is 277 g/mol. The minimum atomic E-state index is 0.305. The van der Waals surface area contributed by atoms with Gasteiger partial charge in [-0.1, -0.05) is 29.8 Å². The number of unbranched alkanes of at least 4 members (excludes halogenated alkanes) is 1. The minimum absolute atomic E-state index is 0.305. The second-order valence-electron chi connectivity index (χ2n) is 4.68. The van der Waals surface area contributed by atoms with Crippen molar-refractivity contribution in [2.75, 3.05) is 11.9 Å². The molecule has 0 aliphatic carbocycles. The van der Waals surface area contributed by atoms with Crippen molar-refractivity contribution >= 4 is 21.8 Å². The quantitative estimate of drug-likeness (QED) is 0.516.